The first-order chi connectivity index (χ1) is 9.31. The molecule has 0 aliphatic rings. The minimum Gasteiger partial charge on any atom is -0.345 e. The summed E-state index contributed by atoms with van der Waals surface area (Å²) in [6, 6.07) is 18.2. The van der Waals surface area contributed by atoms with Gasteiger partial charge in [-0.15, -0.1) is 0 Å². The van der Waals surface area contributed by atoms with Crippen molar-refractivity contribution < 1.29 is 9.59 Å². The second-order valence-electron chi connectivity index (χ2n) is 4.21. The van der Waals surface area contributed by atoms with Crippen molar-refractivity contribution in [2.24, 2.45) is 0 Å². The first-order valence-electron chi connectivity index (χ1n) is 6.16. The number of amides is 1. The van der Waals surface area contributed by atoms with Crippen LogP contribution in [0.3, 0.4) is 0 Å². The van der Waals surface area contributed by atoms with Crippen LogP contribution < -0.4 is 5.32 Å². The number of rotatable bonds is 5. The van der Waals surface area contributed by atoms with E-state index in [1.54, 1.807) is 12.1 Å². The van der Waals surface area contributed by atoms with Gasteiger partial charge in [-0.25, -0.2) is 0 Å². The quantitative estimate of drug-likeness (QED) is 0.833. The minimum absolute atomic E-state index is 0.170. The van der Waals surface area contributed by atoms with Crippen LogP contribution in [0.5, 0.6) is 0 Å². The molecule has 1 N–H and O–H groups in total. The van der Waals surface area contributed by atoms with E-state index in [1.807, 2.05) is 48.5 Å². The molecule has 0 bridgehead atoms. The molecule has 0 aliphatic carbocycles. The molecule has 3 nitrogen and oxygen atoms in total. The van der Waals surface area contributed by atoms with Crippen LogP contribution in [-0.4, -0.2) is 12.2 Å². The van der Waals surface area contributed by atoms with Crippen LogP contribution in [0.1, 0.15) is 28.4 Å². The molecule has 0 heterocycles. The van der Waals surface area contributed by atoms with Gasteiger partial charge in [0.1, 0.15) is 6.29 Å². The lowest BCUT2D eigenvalue weighted by atomic mass is 10.0. The maximum absolute atomic E-state index is 12.1. The maximum Gasteiger partial charge on any atom is 0.251 e. The molecule has 0 spiro atoms. The Labute approximate surface area is 112 Å². The fourth-order valence-corrected chi connectivity index (χ4v) is 1.89. The van der Waals surface area contributed by atoms with Crippen molar-refractivity contribution in [2.45, 2.75) is 12.5 Å². The number of carbonyl (C=O) groups excluding carboxylic acids is 2. The van der Waals surface area contributed by atoms with Crippen LogP contribution in [0.25, 0.3) is 0 Å². The van der Waals surface area contributed by atoms with E-state index in [0.717, 1.165) is 11.8 Å². The predicted octanol–water partition coefficient (Wildman–Crippen LogP) is 2.75. The van der Waals surface area contributed by atoms with Crippen molar-refractivity contribution in [3.63, 3.8) is 0 Å². The molecule has 0 fully saturated rings. The van der Waals surface area contributed by atoms with E-state index < -0.39 is 0 Å². The van der Waals surface area contributed by atoms with E-state index in [2.05, 4.69) is 5.32 Å². The largest absolute Gasteiger partial charge is 0.345 e. The van der Waals surface area contributed by atoms with E-state index in [-0.39, 0.29) is 18.4 Å². The molecule has 3 heteroatoms. The summed E-state index contributed by atoms with van der Waals surface area (Å²) in [4.78, 5) is 22.8. The Bertz CT molecular complexity index is 537. The number of aldehydes is 1. The van der Waals surface area contributed by atoms with Crippen molar-refractivity contribution in [3.8, 4) is 0 Å². The van der Waals surface area contributed by atoms with E-state index in [4.69, 9.17) is 0 Å². The third-order valence-electron chi connectivity index (χ3n) is 2.88. The summed E-state index contributed by atoms with van der Waals surface area (Å²) in [6.07, 6.45) is 1.09. The summed E-state index contributed by atoms with van der Waals surface area (Å²) >= 11 is 0. The molecule has 1 amide bonds. The van der Waals surface area contributed by atoms with Gasteiger partial charge in [0.25, 0.3) is 5.91 Å². The Balaban J connectivity index is 2.14. The number of hydrogen-bond acceptors (Lipinski definition) is 2. The highest BCUT2D eigenvalue weighted by Gasteiger charge is 2.14. The highest BCUT2D eigenvalue weighted by Crippen LogP contribution is 2.16. The lowest BCUT2D eigenvalue weighted by Gasteiger charge is -2.16. The normalized spacial score (nSPS) is 11.6. The predicted molar refractivity (Wildman–Crippen MR) is 73.8 cm³/mol. The average molecular weight is 253 g/mol. The van der Waals surface area contributed by atoms with Gasteiger partial charge in [-0.05, 0) is 17.7 Å². The molecule has 96 valence electrons. The summed E-state index contributed by atoms with van der Waals surface area (Å²) in [7, 11) is 0. The first-order valence-corrected chi connectivity index (χ1v) is 6.16. The fourth-order valence-electron chi connectivity index (χ4n) is 1.89. The third kappa shape index (κ3) is 3.52. The van der Waals surface area contributed by atoms with Gasteiger partial charge in [0.15, 0.2) is 0 Å². The minimum atomic E-state index is -0.286. The lowest BCUT2D eigenvalue weighted by Crippen LogP contribution is -2.28. The maximum atomic E-state index is 12.1. The monoisotopic (exact) mass is 253 g/mol. The van der Waals surface area contributed by atoms with Crippen molar-refractivity contribution in [2.75, 3.05) is 0 Å². The summed E-state index contributed by atoms with van der Waals surface area (Å²) < 4.78 is 0. The number of carbonyl (C=O) groups is 2. The van der Waals surface area contributed by atoms with Gasteiger partial charge in [0.2, 0.25) is 0 Å². The molecule has 0 unspecified atom stereocenters. The average Bonchev–Trinajstić information content (AvgIpc) is 2.48. The standard InChI is InChI=1S/C16H15NO2/c18-12-11-15(13-7-3-1-4-8-13)17-16(19)14-9-5-2-6-10-14/h1-10,12,15H,11H2,(H,17,19)/t15-/m1/s1. The number of nitrogens with one attached hydrogen (secondary N) is 1. The molecule has 2 aromatic carbocycles. The zero-order valence-corrected chi connectivity index (χ0v) is 10.5. The highest BCUT2D eigenvalue weighted by atomic mass is 16.1. The van der Waals surface area contributed by atoms with E-state index in [9.17, 15) is 9.59 Å². The molecule has 0 radical (unpaired) electrons. The van der Waals surface area contributed by atoms with Crippen LogP contribution in [0.4, 0.5) is 0 Å². The molecule has 0 aromatic heterocycles. The molecule has 0 saturated carbocycles. The summed E-state index contributed by atoms with van der Waals surface area (Å²) in [6.45, 7) is 0. The van der Waals surface area contributed by atoms with E-state index >= 15 is 0 Å². The van der Waals surface area contributed by atoms with Gasteiger partial charge in [-0.3, -0.25) is 4.79 Å². The van der Waals surface area contributed by atoms with E-state index in [0.29, 0.717) is 5.56 Å². The summed E-state index contributed by atoms with van der Waals surface area (Å²) in [5.74, 6) is -0.170. The molecular weight excluding hydrogens is 238 g/mol. The van der Waals surface area contributed by atoms with Gasteiger partial charge >= 0.3 is 0 Å². The van der Waals surface area contributed by atoms with Crippen LogP contribution in [-0.2, 0) is 4.79 Å². The van der Waals surface area contributed by atoms with Gasteiger partial charge in [-0.1, -0.05) is 48.5 Å². The Morgan fingerprint density at radius 1 is 1.00 bits per heavy atom. The summed E-state index contributed by atoms with van der Waals surface area (Å²) in [5, 5.41) is 2.88. The zero-order valence-electron chi connectivity index (χ0n) is 10.5. The molecule has 2 rings (SSSR count). The number of benzene rings is 2. The molecule has 2 aromatic rings. The van der Waals surface area contributed by atoms with Crippen LogP contribution in [0.2, 0.25) is 0 Å². The Kier molecular flexibility index (Phi) is 4.45. The molecule has 1 atom stereocenters. The van der Waals surface area contributed by atoms with Crippen LogP contribution >= 0.6 is 0 Å². The smallest absolute Gasteiger partial charge is 0.251 e. The molecular formula is C16H15NO2. The first kappa shape index (κ1) is 13.0. The topological polar surface area (TPSA) is 46.2 Å². The zero-order chi connectivity index (χ0) is 13.5. The third-order valence-corrected chi connectivity index (χ3v) is 2.88. The van der Waals surface area contributed by atoms with Crippen molar-refractivity contribution in [1.29, 1.82) is 0 Å². The van der Waals surface area contributed by atoms with Crippen LogP contribution in [0.15, 0.2) is 60.7 Å². The van der Waals surface area contributed by atoms with Gasteiger partial charge in [-0.2, -0.15) is 0 Å². The second kappa shape index (κ2) is 6.50. The molecule has 19 heavy (non-hydrogen) atoms. The fraction of sp³-hybridized carbons (Fsp3) is 0.125. The van der Waals surface area contributed by atoms with Gasteiger partial charge in [0.05, 0.1) is 6.04 Å². The Hall–Kier alpha value is -2.42. The summed E-state index contributed by atoms with van der Waals surface area (Å²) in [5.41, 5.74) is 1.52. The highest BCUT2D eigenvalue weighted by molar-refractivity contribution is 5.94. The van der Waals surface area contributed by atoms with Gasteiger partial charge in [0, 0.05) is 12.0 Å². The lowest BCUT2D eigenvalue weighted by molar-refractivity contribution is -0.108. The van der Waals surface area contributed by atoms with Crippen molar-refractivity contribution >= 4 is 12.2 Å². The molecule has 0 saturated heterocycles. The van der Waals surface area contributed by atoms with Crippen molar-refractivity contribution in [3.05, 3.63) is 71.8 Å². The number of hydrogen-bond donors (Lipinski definition) is 1. The van der Waals surface area contributed by atoms with Gasteiger partial charge < -0.3 is 10.1 Å². The second-order valence-corrected chi connectivity index (χ2v) is 4.21. The Morgan fingerprint density at radius 3 is 2.16 bits per heavy atom. The Morgan fingerprint density at radius 2 is 1.58 bits per heavy atom. The molecule has 0 aliphatic heterocycles. The van der Waals surface area contributed by atoms with Crippen LogP contribution in [0, 0.1) is 0 Å². The van der Waals surface area contributed by atoms with E-state index in [1.165, 1.54) is 0 Å². The SMILES string of the molecule is O=CC[C@@H](NC(=O)c1ccccc1)c1ccccc1. The van der Waals surface area contributed by atoms with Crippen molar-refractivity contribution in [1.82, 2.24) is 5.32 Å².